The van der Waals surface area contributed by atoms with Crippen LogP contribution in [0.1, 0.15) is 5.56 Å². The molecule has 2 aromatic rings. The SMILES string of the molecule is O=C1C(=CNNc2ncc(F)c(N3CCOCC3)n2)C=C(Br)C(C(=O)Nc2cccc(C(F)(F)F)c2)C1Cl. The van der Waals surface area contributed by atoms with Gasteiger partial charge in [-0.25, -0.2) is 9.37 Å². The molecule has 0 saturated carbocycles. The second kappa shape index (κ2) is 11.7. The second-order valence-corrected chi connectivity index (χ2v) is 9.56. The Kier molecular flexibility index (Phi) is 8.53. The number of hydrogen-bond donors (Lipinski definition) is 3. The number of carbonyl (C=O) groups is 2. The summed E-state index contributed by atoms with van der Waals surface area (Å²) in [5, 5.41) is 1.02. The minimum Gasteiger partial charge on any atom is -0.378 e. The van der Waals surface area contributed by atoms with Crippen molar-refractivity contribution in [1.82, 2.24) is 15.4 Å². The molecule has 0 spiro atoms. The lowest BCUT2D eigenvalue weighted by Gasteiger charge is -2.28. The lowest BCUT2D eigenvalue weighted by Crippen LogP contribution is -2.38. The first kappa shape index (κ1) is 27.8. The van der Waals surface area contributed by atoms with Gasteiger partial charge in [0.15, 0.2) is 17.4 Å². The van der Waals surface area contributed by atoms with Crippen molar-refractivity contribution in [2.75, 3.05) is 41.9 Å². The molecule has 202 valence electrons. The molecule has 1 saturated heterocycles. The van der Waals surface area contributed by atoms with Crippen molar-refractivity contribution >= 4 is 56.7 Å². The number of nitrogens with zero attached hydrogens (tertiary/aromatic N) is 3. The van der Waals surface area contributed by atoms with Crippen LogP contribution in [0.15, 0.2) is 52.8 Å². The fourth-order valence-corrected chi connectivity index (χ4v) is 4.96. The fraction of sp³-hybridized carbons (Fsp3) is 0.304. The van der Waals surface area contributed by atoms with Gasteiger partial charge in [-0.1, -0.05) is 22.0 Å². The Morgan fingerprint density at radius 2 is 2.00 bits per heavy atom. The number of Topliss-reactive ketones (excluding diaryl/α,β-unsaturated/α-hetero) is 1. The third-order valence-electron chi connectivity index (χ3n) is 5.61. The highest BCUT2D eigenvalue weighted by Gasteiger charge is 2.39. The number of nitrogens with one attached hydrogen (secondary N) is 3. The van der Waals surface area contributed by atoms with E-state index in [9.17, 15) is 27.2 Å². The number of morpholine rings is 1. The van der Waals surface area contributed by atoms with Crippen molar-refractivity contribution in [3.05, 3.63) is 64.2 Å². The quantitative estimate of drug-likeness (QED) is 0.193. The van der Waals surface area contributed by atoms with Crippen LogP contribution in [0.25, 0.3) is 0 Å². The number of amides is 1. The molecule has 3 N–H and O–H groups in total. The van der Waals surface area contributed by atoms with Gasteiger partial charge in [0.1, 0.15) is 5.38 Å². The first-order chi connectivity index (χ1) is 18.0. The maximum Gasteiger partial charge on any atom is 0.416 e. The van der Waals surface area contributed by atoms with E-state index in [2.05, 4.69) is 42.1 Å². The normalized spacial score (nSPS) is 21.2. The summed E-state index contributed by atoms with van der Waals surface area (Å²) in [6, 6.07) is 4.11. The molecule has 1 amide bonds. The molecule has 38 heavy (non-hydrogen) atoms. The van der Waals surface area contributed by atoms with E-state index in [1.54, 1.807) is 4.90 Å². The maximum absolute atomic E-state index is 14.2. The third kappa shape index (κ3) is 6.42. The molecule has 1 aliphatic heterocycles. The Morgan fingerprint density at radius 1 is 1.26 bits per heavy atom. The lowest BCUT2D eigenvalue weighted by molar-refractivity contribution is -0.137. The highest BCUT2D eigenvalue weighted by atomic mass is 79.9. The van der Waals surface area contributed by atoms with Crippen LogP contribution in [0.5, 0.6) is 0 Å². The summed E-state index contributed by atoms with van der Waals surface area (Å²) in [6.45, 7) is 1.83. The standard InChI is InChI=1S/C23H20BrClF4N6O3/c24-15-8-12(10-31-34-22-30-11-16(26)20(33-22)35-4-6-38-7-5-35)19(36)18(25)17(15)21(37)32-14-3-1-2-13(9-14)23(27,28)29/h1-3,8-11,17-18,31H,4-7H2,(H,32,37)(H,30,33,34). The highest BCUT2D eigenvalue weighted by Crippen LogP contribution is 2.35. The van der Waals surface area contributed by atoms with Crippen LogP contribution in [0, 0.1) is 11.7 Å². The van der Waals surface area contributed by atoms with Gasteiger partial charge in [0.05, 0.1) is 30.9 Å². The summed E-state index contributed by atoms with van der Waals surface area (Å²) in [6.07, 6.45) is -0.946. The molecule has 0 bridgehead atoms. The molecule has 1 fully saturated rings. The van der Waals surface area contributed by atoms with Crippen molar-refractivity contribution in [2.24, 2.45) is 5.92 Å². The number of rotatable bonds is 6. The van der Waals surface area contributed by atoms with E-state index in [1.807, 2.05) is 0 Å². The number of ether oxygens (including phenoxy) is 1. The molecule has 2 unspecified atom stereocenters. The lowest BCUT2D eigenvalue weighted by atomic mass is 9.90. The number of hydrazine groups is 1. The van der Waals surface area contributed by atoms with Gasteiger partial charge < -0.3 is 20.4 Å². The zero-order valence-corrected chi connectivity index (χ0v) is 21.7. The largest absolute Gasteiger partial charge is 0.416 e. The zero-order chi connectivity index (χ0) is 27.4. The van der Waals surface area contributed by atoms with E-state index >= 15 is 0 Å². The van der Waals surface area contributed by atoms with Gasteiger partial charge in [0.25, 0.3) is 0 Å². The molecular weight excluding hydrogens is 600 g/mol. The van der Waals surface area contributed by atoms with E-state index in [1.165, 1.54) is 18.3 Å². The van der Waals surface area contributed by atoms with Gasteiger partial charge >= 0.3 is 6.18 Å². The fourth-order valence-electron chi connectivity index (χ4n) is 3.72. The molecule has 1 aromatic heterocycles. The van der Waals surface area contributed by atoms with Crippen LogP contribution in [-0.2, 0) is 20.5 Å². The molecule has 1 aromatic carbocycles. The van der Waals surface area contributed by atoms with Crippen LogP contribution < -0.4 is 21.1 Å². The Labute approximate surface area is 227 Å². The summed E-state index contributed by atoms with van der Waals surface area (Å²) in [7, 11) is 0. The van der Waals surface area contributed by atoms with Crippen LogP contribution in [0.3, 0.4) is 0 Å². The average Bonchev–Trinajstić information content (AvgIpc) is 2.88. The van der Waals surface area contributed by atoms with Gasteiger partial charge in [0, 0.05) is 35.0 Å². The number of hydrogen-bond acceptors (Lipinski definition) is 8. The number of aromatic nitrogens is 2. The van der Waals surface area contributed by atoms with Crippen LogP contribution in [0.2, 0.25) is 0 Å². The van der Waals surface area contributed by atoms with Crippen molar-refractivity contribution < 1.29 is 31.9 Å². The number of ketones is 1. The molecule has 15 heteroatoms. The first-order valence-corrected chi connectivity index (χ1v) is 12.4. The average molecular weight is 620 g/mol. The smallest absolute Gasteiger partial charge is 0.378 e. The van der Waals surface area contributed by atoms with E-state index in [0.29, 0.717) is 26.3 Å². The molecule has 2 atom stereocenters. The third-order valence-corrected chi connectivity index (χ3v) is 6.78. The number of carbonyl (C=O) groups excluding carboxylic acids is 2. The van der Waals surface area contributed by atoms with E-state index in [4.69, 9.17) is 16.3 Å². The maximum atomic E-state index is 14.2. The van der Waals surface area contributed by atoms with Crippen molar-refractivity contribution in [3.8, 4) is 0 Å². The Hall–Kier alpha value is -3.23. The Balaban J connectivity index is 1.43. The predicted molar refractivity (Wildman–Crippen MR) is 135 cm³/mol. The van der Waals surface area contributed by atoms with Gasteiger partial charge in [-0.3, -0.25) is 15.0 Å². The molecule has 4 rings (SSSR count). The number of anilines is 3. The number of alkyl halides is 4. The van der Waals surface area contributed by atoms with Gasteiger partial charge in [-0.05, 0) is 24.3 Å². The van der Waals surface area contributed by atoms with Crippen molar-refractivity contribution in [3.63, 3.8) is 0 Å². The van der Waals surface area contributed by atoms with Crippen LogP contribution in [0.4, 0.5) is 35.0 Å². The molecule has 9 nitrogen and oxygen atoms in total. The van der Waals surface area contributed by atoms with Crippen LogP contribution >= 0.6 is 27.5 Å². The summed E-state index contributed by atoms with van der Waals surface area (Å²) >= 11 is 9.51. The second-order valence-electron chi connectivity index (χ2n) is 8.17. The summed E-state index contributed by atoms with van der Waals surface area (Å²) in [5.41, 5.74) is 4.35. The topological polar surface area (TPSA) is 108 Å². The molecule has 1 aliphatic carbocycles. The van der Waals surface area contributed by atoms with Gasteiger partial charge in [-0.2, -0.15) is 18.2 Å². The van der Waals surface area contributed by atoms with E-state index in [0.717, 1.165) is 24.4 Å². The summed E-state index contributed by atoms with van der Waals surface area (Å²) in [4.78, 5) is 35.3. The molecule has 2 heterocycles. The van der Waals surface area contributed by atoms with Crippen LogP contribution in [-0.4, -0.2) is 53.3 Å². The number of benzene rings is 1. The number of halogens is 6. The summed E-state index contributed by atoms with van der Waals surface area (Å²) < 4.78 is 58.6. The molecule has 2 aliphatic rings. The molecular formula is C23H20BrClF4N6O3. The number of allylic oxidation sites excluding steroid dienone is 2. The van der Waals surface area contributed by atoms with E-state index < -0.39 is 40.5 Å². The van der Waals surface area contributed by atoms with Gasteiger partial charge in [-0.15, -0.1) is 11.6 Å². The Bertz CT molecular complexity index is 1290. The highest BCUT2D eigenvalue weighted by molar-refractivity contribution is 9.11. The first-order valence-electron chi connectivity index (χ1n) is 11.1. The molecule has 0 radical (unpaired) electrons. The van der Waals surface area contributed by atoms with Gasteiger partial charge in [0.2, 0.25) is 11.9 Å². The van der Waals surface area contributed by atoms with Crippen molar-refractivity contribution in [1.29, 1.82) is 0 Å². The minimum absolute atomic E-state index is 0.0387. The van der Waals surface area contributed by atoms with E-state index in [-0.39, 0.29) is 27.5 Å². The zero-order valence-electron chi connectivity index (χ0n) is 19.4. The van der Waals surface area contributed by atoms with Crippen molar-refractivity contribution in [2.45, 2.75) is 11.6 Å². The Morgan fingerprint density at radius 3 is 2.71 bits per heavy atom. The minimum atomic E-state index is -4.58. The monoisotopic (exact) mass is 618 g/mol. The summed E-state index contributed by atoms with van der Waals surface area (Å²) in [5.74, 6) is -3.00. The predicted octanol–water partition coefficient (Wildman–Crippen LogP) is 4.00.